The maximum absolute atomic E-state index is 12.8. The van der Waals surface area contributed by atoms with Crippen molar-refractivity contribution in [2.45, 2.75) is 24.3 Å². The summed E-state index contributed by atoms with van der Waals surface area (Å²) in [5, 5.41) is 11.7. The van der Waals surface area contributed by atoms with Gasteiger partial charge in [-0.15, -0.1) is 0 Å². The lowest BCUT2D eigenvalue weighted by Crippen LogP contribution is -2.42. The molecule has 1 saturated heterocycles. The minimum Gasteiger partial charge on any atom is -0.481 e. The second-order valence-electron chi connectivity index (χ2n) is 6.75. The van der Waals surface area contributed by atoms with Crippen LogP contribution in [0, 0.1) is 5.92 Å². The van der Waals surface area contributed by atoms with Crippen molar-refractivity contribution in [2.75, 3.05) is 18.4 Å². The van der Waals surface area contributed by atoms with E-state index in [0.717, 1.165) is 5.56 Å². The van der Waals surface area contributed by atoms with Crippen molar-refractivity contribution in [3.05, 3.63) is 60.2 Å². The van der Waals surface area contributed by atoms with E-state index in [1.807, 2.05) is 30.3 Å². The predicted octanol–water partition coefficient (Wildman–Crippen LogP) is 2.92. The summed E-state index contributed by atoms with van der Waals surface area (Å²) in [6.45, 7) is 0.375. The number of carboxylic acid groups (broad SMARTS) is 1. The van der Waals surface area contributed by atoms with E-state index < -0.39 is 28.0 Å². The summed E-state index contributed by atoms with van der Waals surface area (Å²) >= 11 is 0. The molecule has 9 heteroatoms. The number of aliphatic carboxylic acids is 1. The molecule has 2 N–H and O–H groups in total. The minimum absolute atomic E-state index is 0.0382. The van der Waals surface area contributed by atoms with E-state index in [2.05, 4.69) is 5.32 Å². The van der Waals surface area contributed by atoms with Gasteiger partial charge in [0.05, 0.1) is 10.8 Å². The highest BCUT2D eigenvalue weighted by atomic mass is 32.2. The number of hydrogen-bond donors (Lipinski definition) is 2. The topological polar surface area (TPSA) is 113 Å². The van der Waals surface area contributed by atoms with E-state index >= 15 is 0 Å². The Kier molecular flexibility index (Phi) is 6.50. The van der Waals surface area contributed by atoms with Gasteiger partial charge in [0.1, 0.15) is 6.61 Å². The lowest BCUT2D eigenvalue weighted by molar-refractivity contribution is -0.142. The minimum atomic E-state index is -3.79. The van der Waals surface area contributed by atoms with E-state index in [4.69, 9.17) is 9.84 Å². The van der Waals surface area contributed by atoms with Gasteiger partial charge >= 0.3 is 12.1 Å². The van der Waals surface area contributed by atoms with Crippen LogP contribution in [0.5, 0.6) is 0 Å². The molecule has 1 aliphatic heterocycles. The Labute approximate surface area is 169 Å². The monoisotopic (exact) mass is 418 g/mol. The number of sulfonamides is 1. The number of rotatable bonds is 6. The van der Waals surface area contributed by atoms with Crippen LogP contribution in [0.4, 0.5) is 10.5 Å². The molecule has 0 aromatic heterocycles. The molecule has 8 nitrogen and oxygen atoms in total. The fourth-order valence-electron chi connectivity index (χ4n) is 3.10. The molecule has 0 bridgehead atoms. The maximum Gasteiger partial charge on any atom is 0.411 e. The smallest absolute Gasteiger partial charge is 0.411 e. The molecule has 0 saturated carbocycles. The number of carboxylic acids is 1. The summed E-state index contributed by atoms with van der Waals surface area (Å²) in [5.74, 6) is -1.68. The average molecular weight is 418 g/mol. The fourth-order valence-corrected chi connectivity index (χ4v) is 4.62. The molecule has 154 valence electrons. The molecule has 2 aromatic rings. The summed E-state index contributed by atoms with van der Waals surface area (Å²) in [4.78, 5) is 23.1. The van der Waals surface area contributed by atoms with Crippen LogP contribution in [-0.4, -0.2) is 43.0 Å². The van der Waals surface area contributed by atoms with Crippen LogP contribution < -0.4 is 5.32 Å². The summed E-state index contributed by atoms with van der Waals surface area (Å²) in [5.41, 5.74) is 1.24. The van der Waals surface area contributed by atoms with E-state index in [-0.39, 0.29) is 24.6 Å². The van der Waals surface area contributed by atoms with Gasteiger partial charge < -0.3 is 9.84 Å². The molecule has 2 aromatic carbocycles. The van der Waals surface area contributed by atoms with Gasteiger partial charge in [-0.1, -0.05) is 30.3 Å². The van der Waals surface area contributed by atoms with Gasteiger partial charge in [0.2, 0.25) is 10.0 Å². The Morgan fingerprint density at radius 1 is 1.10 bits per heavy atom. The first kappa shape index (κ1) is 20.8. The molecule has 0 radical (unpaired) electrons. The molecule has 1 fully saturated rings. The Morgan fingerprint density at radius 2 is 1.79 bits per heavy atom. The van der Waals surface area contributed by atoms with Gasteiger partial charge in [-0.3, -0.25) is 10.1 Å². The van der Waals surface area contributed by atoms with E-state index in [1.54, 1.807) is 0 Å². The standard InChI is InChI=1S/C20H22N2O6S/c23-19(24)16-7-4-12-22(13-16)29(26,27)18-10-8-17(9-11-18)21-20(25)28-14-15-5-2-1-3-6-15/h1-3,5-6,8-11,16H,4,7,12-14H2,(H,21,25)(H,23,24). The quantitative estimate of drug-likeness (QED) is 0.746. The van der Waals surface area contributed by atoms with Crippen LogP contribution >= 0.6 is 0 Å². The van der Waals surface area contributed by atoms with Crippen molar-refractivity contribution in [3.63, 3.8) is 0 Å². The lowest BCUT2D eigenvalue weighted by atomic mass is 10.0. The summed E-state index contributed by atoms with van der Waals surface area (Å²) < 4.78 is 31.9. The third-order valence-electron chi connectivity index (χ3n) is 4.68. The molecular formula is C20H22N2O6S. The zero-order valence-corrected chi connectivity index (χ0v) is 16.5. The maximum atomic E-state index is 12.8. The lowest BCUT2D eigenvalue weighted by Gasteiger charge is -2.29. The number of carbonyl (C=O) groups is 2. The van der Waals surface area contributed by atoms with Crippen molar-refractivity contribution in [1.29, 1.82) is 0 Å². The highest BCUT2D eigenvalue weighted by Gasteiger charge is 2.33. The van der Waals surface area contributed by atoms with Crippen LogP contribution in [0.15, 0.2) is 59.5 Å². The molecule has 0 spiro atoms. The molecule has 3 rings (SSSR count). The Balaban J connectivity index is 1.60. The van der Waals surface area contributed by atoms with Crippen molar-refractivity contribution in [3.8, 4) is 0 Å². The van der Waals surface area contributed by atoms with E-state index in [9.17, 15) is 18.0 Å². The van der Waals surface area contributed by atoms with Gasteiger partial charge in [0.15, 0.2) is 0 Å². The largest absolute Gasteiger partial charge is 0.481 e. The molecule has 1 atom stereocenters. The van der Waals surface area contributed by atoms with Crippen LogP contribution in [0.2, 0.25) is 0 Å². The fraction of sp³-hybridized carbons (Fsp3) is 0.300. The first-order valence-corrected chi connectivity index (χ1v) is 10.6. The second-order valence-corrected chi connectivity index (χ2v) is 8.69. The Morgan fingerprint density at radius 3 is 2.45 bits per heavy atom. The molecule has 29 heavy (non-hydrogen) atoms. The number of nitrogens with one attached hydrogen (secondary N) is 1. The number of nitrogens with zero attached hydrogens (tertiary/aromatic N) is 1. The third kappa shape index (κ3) is 5.33. The van der Waals surface area contributed by atoms with Gasteiger partial charge in [-0.2, -0.15) is 4.31 Å². The second kappa shape index (κ2) is 9.06. The predicted molar refractivity (Wildman–Crippen MR) is 106 cm³/mol. The molecule has 1 amide bonds. The zero-order chi connectivity index (χ0) is 20.9. The van der Waals surface area contributed by atoms with E-state index in [0.29, 0.717) is 18.5 Å². The van der Waals surface area contributed by atoms with E-state index in [1.165, 1.54) is 28.6 Å². The number of ether oxygens (including phenoxy) is 1. The first-order valence-electron chi connectivity index (χ1n) is 9.17. The summed E-state index contributed by atoms with van der Waals surface area (Å²) in [6, 6.07) is 14.9. The highest BCUT2D eigenvalue weighted by molar-refractivity contribution is 7.89. The molecule has 1 unspecified atom stereocenters. The van der Waals surface area contributed by atoms with Gasteiger partial charge in [0, 0.05) is 18.8 Å². The number of hydrogen-bond acceptors (Lipinski definition) is 5. The molecular weight excluding hydrogens is 396 g/mol. The number of amides is 1. The molecule has 1 aliphatic rings. The number of benzene rings is 2. The Bertz CT molecular complexity index is 960. The van der Waals surface area contributed by atoms with Crippen LogP contribution in [0.1, 0.15) is 18.4 Å². The number of piperidine rings is 1. The van der Waals surface area contributed by atoms with Gasteiger partial charge in [0.25, 0.3) is 0 Å². The third-order valence-corrected chi connectivity index (χ3v) is 6.56. The van der Waals surface area contributed by atoms with Gasteiger partial charge in [-0.05, 0) is 42.7 Å². The Hall–Kier alpha value is -2.91. The first-order chi connectivity index (χ1) is 13.9. The summed E-state index contributed by atoms with van der Waals surface area (Å²) in [6.07, 6.45) is 0.322. The van der Waals surface area contributed by atoms with Crippen molar-refractivity contribution >= 4 is 27.8 Å². The summed E-state index contributed by atoms with van der Waals surface area (Å²) in [7, 11) is -3.79. The normalized spacial score (nSPS) is 17.4. The molecule has 1 heterocycles. The van der Waals surface area contributed by atoms with Gasteiger partial charge in [-0.25, -0.2) is 13.2 Å². The van der Waals surface area contributed by atoms with Crippen LogP contribution in [0.3, 0.4) is 0 Å². The zero-order valence-electron chi connectivity index (χ0n) is 15.7. The van der Waals surface area contributed by atoms with Crippen molar-refractivity contribution in [1.82, 2.24) is 4.31 Å². The molecule has 0 aliphatic carbocycles. The van der Waals surface area contributed by atoms with Crippen molar-refractivity contribution in [2.24, 2.45) is 5.92 Å². The average Bonchev–Trinajstić information content (AvgIpc) is 2.73. The van der Waals surface area contributed by atoms with Crippen LogP contribution in [0.25, 0.3) is 0 Å². The highest BCUT2D eigenvalue weighted by Crippen LogP contribution is 2.25. The number of carbonyl (C=O) groups excluding carboxylic acids is 1. The van der Waals surface area contributed by atoms with Crippen molar-refractivity contribution < 1.29 is 27.9 Å². The van der Waals surface area contributed by atoms with Crippen LogP contribution in [-0.2, 0) is 26.2 Å². The SMILES string of the molecule is O=C(Nc1ccc(S(=O)(=O)N2CCCC(C(=O)O)C2)cc1)OCc1ccccc1. The number of anilines is 1.